The van der Waals surface area contributed by atoms with Crippen molar-refractivity contribution in [2.75, 3.05) is 13.2 Å². The van der Waals surface area contributed by atoms with E-state index in [0.29, 0.717) is 17.3 Å². The van der Waals surface area contributed by atoms with Gasteiger partial charge in [0.25, 0.3) is 0 Å². The zero-order chi connectivity index (χ0) is 15.0. The van der Waals surface area contributed by atoms with Crippen molar-refractivity contribution in [1.29, 1.82) is 0 Å². The van der Waals surface area contributed by atoms with E-state index in [-0.39, 0.29) is 19.1 Å². The molecular weight excluding hydrogens is 291 g/mol. The van der Waals surface area contributed by atoms with E-state index in [1.807, 2.05) is 6.92 Å². The van der Waals surface area contributed by atoms with E-state index in [0.717, 1.165) is 6.42 Å². The maximum atomic E-state index is 12.3. The van der Waals surface area contributed by atoms with Crippen LogP contribution in [0.5, 0.6) is 5.75 Å². The van der Waals surface area contributed by atoms with Gasteiger partial charge in [0.2, 0.25) is 0 Å². The summed E-state index contributed by atoms with van der Waals surface area (Å²) in [6.07, 6.45) is -4.08. The highest BCUT2D eigenvalue weighted by Gasteiger charge is 2.28. The van der Waals surface area contributed by atoms with Crippen LogP contribution in [0.15, 0.2) is 24.3 Å². The van der Waals surface area contributed by atoms with Crippen molar-refractivity contribution in [1.82, 2.24) is 5.32 Å². The Morgan fingerprint density at radius 1 is 1.35 bits per heavy atom. The Balaban J connectivity index is 2.47. The average Bonchev–Trinajstić information content (AvgIpc) is 2.37. The third-order valence-electron chi connectivity index (χ3n) is 2.71. The molecule has 1 unspecified atom stereocenters. The van der Waals surface area contributed by atoms with E-state index in [2.05, 4.69) is 5.32 Å². The van der Waals surface area contributed by atoms with Crippen LogP contribution in [0.2, 0.25) is 5.02 Å². The Bertz CT molecular complexity index is 398. The molecule has 1 N–H and O–H groups in total. The van der Waals surface area contributed by atoms with Crippen LogP contribution in [-0.4, -0.2) is 25.4 Å². The molecule has 0 aliphatic rings. The molecule has 1 rings (SSSR count). The molecule has 1 atom stereocenters. The molecule has 0 radical (unpaired) electrons. The summed E-state index contributed by atoms with van der Waals surface area (Å²) in [6, 6.07) is 6.50. The van der Waals surface area contributed by atoms with Crippen LogP contribution in [0, 0.1) is 0 Å². The normalized spacial score (nSPS) is 13.2. The van der Waals surface area contributed by atoms with Gasteiger partial charge in [-0.3, -0.25) is 0 Å². The maximum absolute atomic E-state index is 12.3. The largest absolute Gasteiger partial charge is 0.492 e. The monoisotopic (exact) mass is 309 g/mol. The molecule has 0 amide bonds. The highest BCUT2D eigenvalue weighted by molar-refractivity contribution is 6.30. The van der Waals surface area contributed by atoms with Crippen LogP contribution in [0.4, 0.5) is 13.2 Å². The van der Waals surface area contributed by atoms with E-state index in [1.54, 1.807) is 24.3 Å². The number of benzene rings is 1. The van der Waals surface area contributed by atoms with Gasteiger partial charge in [0.1, 0.15) is 12.4 Å². The minimum atomic E-state index is -4.14. The lowest BCUT2D eigenvalue weighted by Gasteiger charge is -2.20. The first-order valence-electron chi connectivity index (χ1n) is 6.59. The van der Waals surface area contributed by atoms with Crippen LogP contribution in [0.1, 0.15) is 26.2 Å². The van der Waals surface area contributed by atoms with E-state index < -0.39 is 12.6 Å². The standard InChI is InChI=1S/C14H19ClF3NO/c1-2-8-19-12(6-7-14(16,17)18)10-20-13-5-3-4-11(15)9-13/h3-5,9,12,19H,2,6-8,10H2,1H3. The molecule has 0 aliphatic carbocycles. The molecule has 2 nitrogen and oxygen atoms in total. The molecule has 1 aromatic carbocycles. The summed E-state index contributed by atoms with van der Waals surface area (Å²) in [5.41, 5.74) is 0. The van der Waals surface area contributed by atoms with Crippen LogP contribution in [0.3, 0.4) is 0 Å². The van der Waals surface area contributed by atoms with Gasteiger partial charge in [-0.2, -0.15) is 13.2 Å². The van der Waals surface area contributed by atoms with E-state index in [9.17, 15) is 13.2 Å². The fourth-order valence-electron chi connectivity index (χ4n) is 1.68. The second kappa shape index (κ2) is 8.37. The van der Waals surface area contributed by atoms with Gasteiger partial charge in [-0.1, -0.05) is 24.6 Å². The number of halogens is 4. The molecular formula is C14H19ClF3NO. The summed E-state index contributed by atoms with van der Waals surface area (Å²) in [7, 11) is 0. The second-order valence-electron chi connectivity index (χ2n) is 4.57. The van der Waals surface area contributed by atoms with Gasteiger partial charge in [0, 0.05) is 17.5 Å². The number of alkyl halides is 3. The Hall–Kier alpha value is -0.940. The van der Waals surface area contributed by atoms with Crippen molar-refractivity contribution in [2.45, 2.75) is 38.4 Å². The van der Waals surface area contributed by atoms with E-state index in [1.165, 1.54) is 0 Å². The molecule has 6 heteroatoms. The number of nitrogens with one attached hydrogen (secondary N) is 1. The third-order valence-corrected chi connectivity index (χ3v) is 2.94. The lowest BCUT2D eigenvalue weighted by Crippen LogP contribution is -2.36. The number of hydrogen-bond acceptors (Lipinski definition) is 2. The topological polar surface area (TPSA) is 21.3 Å². The SMILES string of the molecule is CCCNC(CCC(F)(F)F)COc1cccc(Cl)c1. The summed E-state index contributed by atoms with van der Waals surface area (Å²) >= 11 is 5.82. The predicted molar refractivity (Wildman–Crippen MR) is 74.3 cm³/mol. The van der Waals surface area contributed by atoms with Gasteiger partial charge in [-0.15, -0.1) is 0 Å². The van der Waals surface area contributed by atoms with Crippen molar-refractivity contribution in [3.63, 3.8) is 0 Å². The quantitative estimate of drug-likeness (QED) is 0.767. The second-order valence-corrected chi connectivity index (χ2v) is 5.01. The third kappa shape index (κ3) is 7.60. The minimum Gasteiger partial charge on any atom is -0.492 e. The number of rotatable bonds is 8. The summed E-state index contributed by atoms with van der Waals surface area (Å²) < 4.78 is 42.3. The Morgan fingerprint density at radius 3 is 2.70 bits per heavy atom. The molecule has 0 bridgehead atoms. The molecule has 0 aromatic heterocycles. The van der Waals surface area contributed by atoms with Crippen LogP contribution in [-0.2, 0) is 0 Å². The molecule has 0 spiro atoms. The molecule has 0 fully saturated rings. The molecule has 114 valence electrons. The molecule has 0 heterocycles. The van der Waals surface area contributed by atoms with Crippen molar-refractivity contribution in [3.05, 3.63) is 29.3 Å². The minimum absolute atomic E-state index is 0.00403. The Morgan fingerprint density at radius 2 is 2.10 bits per heavy atom. The highest BCUT2D eigenvalue weighted by Crippen LogP contribution is 2.23. The number of hydrogen-bond donors (Lipinski definition) is 1. The van der Waals surface area contributed by atoms with Gasteiger partial charge in [-0.25, -0.2) is 0 Å². The molecule has 0 aliphatic heterocycles. The molecule has 1 aromatic rings. The average molecular weight is 310 g/mol. The van der Waals surface area contributed by atoms with Crippen molar-refractivity contribution < 1.29 is 17.9 Å². The summed E-state index contributed by atoms with van der Waals surface area (Å²) in [6.45, 7) is 2.82. The fraction of sp³-hybridized carbons (Fsp3) is 0.571. The van der Waals surface area contributed by atoms with E-state index in [4.69, 9.17) is 16.3 Å². The van der Waals surface area contributed by atoms with Crippen molar-refractivity contribution >= 4 is 11.6 Å². The molecule has 0 saturated heterocycles. The van der Waals surface area contributed by atoms with Crippen LogP contribution >= 0.6 is 11.6 Å². The Labute approximate surface area is 122 Å². The predicted octanol–water partition coefficient (Wildman–Crippen LogP) is 4.43. The highest BCUT2D eigenvalue weighted by atomic mass is 35.5. The lowest BCUT2D eigenvalue weighted by atomic mass is 10.1. The zero-order valence-electron chi connectivity index (χ0n) is 11.3. The lowest BCUT2D eigenvalue weighted by molar-refractivity contribution is -0.137. The van der Waals surface area contributed by atoms with Gasteiger partial charge >= 0.3 is 6.18 Å². The first-order chi connectivity index (χ1) is 9.40. The van der Waals surface area contributed by atoms with Crippen LogP contribution in [0.25, 0.3) is 0 Å². The first kappa shape index (κ1) is 17.1. The molecule has 0 saturated carbocycles. The van der Waals surface area contributed by atoms with Crippen molar-refractivity contribution in [2.24, 2.45) is 0 Å². The summed E-state index contributed by atoms with van der Waals surface area (Å²) in [4.78, 5) is 0. The fourth-order valence-corrected chi connectivity index (χ4v) is 1.86. The van der Waals surface area contributed by atoms with Crippen LogP contribution < -0.4 is 10.1 Å². The van der Waals surface area contributed by atoms with Crippen molar-refractivity contribution in [3.8, 4) is 5.75 Å². The zero-order valence-corrected chi connectivity index (χ0v) is 12.1. The van der Waals surface area contributed by atoms with Gasteiger partial charge in [0.05, 0.1) is 0 Å². The first-order valence-corrected chi connectivity index (χ1v) is 6.97. The van der Waals surface area contributed by atoms with E-state index >= 15 is 0 Å². The summed E-state index contributed by atoms with van der Waals surface area (Å²) in [5.74, 6) is 0.563. The number of ether oxygens (including phenoxy) is 1. The van der Waals surface area contributed by atoms with Gasteiger partial charge < -0.3 is 10.1 Å². The Kier molecular flexibility index (Phi) is 7.16. The molecule has 20 heavy (non-hydrogen) atoms. The smallest absolute Gasteiger partial charge is 0.389 e. The maximum Gasteiger partial charge on any atom is 0.389 e. The summed E-state index contributed by atoms with van der Waals surface area (Å²) in [5, 5.41) is 3.61. The van der Waals surface area contributed by atoms with Gasteiger partial charge in [-0.05, 0) is 37.6 Å². The van der Waals surface area contributed by atoms with Gasteiger partial charge in [0.15, 0.2) is 0 Å².